The molecule has 6 nitrogen and oxygen atoms in total. The van der Waals surface area contributed by atoms with Crippen molar-refractivity contribution in [1.29, 1.82) is 0 Å². The molecule has 0 atom stereocenters. The third kappa shape index (κ3) is 7.26. The number of nitrogens with one attached hydrogen (secondary N) is 1. The molecule has 4 aromatic rings. The molecule has 0 radical (unpaired) electrons. The first-order valence-corrected chi connectivity index (χ1v) is 14.7. The summed E-state index contributed by atoms with van der Waals surface area (Å²) in [6, 6.07) is 35.6. The highest BCUT2D eigenvalue weighted by Gasteiger charge is 2.49. The van der Waals surface area contributed by atoms with Crippen LogP contribution in [0.5, 0.6) is 0 Å². The summed E-state index contributed by atoms with van der Waals surface area (Å²) in [6.07, 6.45) is -0.930. The topological polar surface area (TPSA) is 67.9 Å². The van der Waals surface area contributed by atoms with E-state index in [1.807, 2.05) is 65.8 Å². The van der Waals surface area contributed by atoms with Crippen molar-refractivity contribution in [1.82, 2.24) is 10.2 Å². The number of carbonyl (C=O) groups is 2. The van der Waals surface area contributed by atoms with E-state index in [-0.39, 0.29) is 13.1 Å². The summed E-state index contributed by atoms with van der Waals surface area (Å²) < 4.78 is 11.2. The summed E-state index contributed by atoms with van der Waals surface area (Å²) in [7, 11) is 0. The summed E-state index contributed by atoms with van der Waals surface area (Å²) in [4.78, 5) is 27.3. The zero-order valence-electron chi connectivity index (χ0n) is 25.8. The second kappa shape index (κ2) is 11.6. The molecular formula is C37H40N2O4. The fraction of sp³-hybridized carbons (Fsp3) is 0.297. The second-order valence-corrected chi connectivity index (χ2v) is 13.2. The van der Waals surface area contributed by atoms with Crippen LogP contribution in [-0.2, 0) is 15.0 Å². The maximum absolute atomic E-state index is 12.9. The van der Waals surface area contributed by atoms with E-state index in [1.54, 1.807) is 4.90 Å². The van der Waals surface area contributed by atoms with E-state index in [1.165, 1.54) is 0 Å². The quantitative estimate of drug-likeness (QED) is 0.258. The Kier molecular flexibility index (Phi) is 8.06. The van der Waals surface area contributed by atoms with Gasteiger partial charge in [-0.1, -0.05) is 84.9 Å². The van der Waals surface area contributed by atoms with Crippen LogP contribution < -0.4 is 5.32 Å². The molecule has 0 spiro atoms. The van der Waals surface area contributed by atoms with Crippen LogP contribution in [0.15, 0.2) is 103 Å². The molecule has 6 heteroatoms. The minimum Gasteiger partial charge on any atom is -0.444 e. The Morgan fingerprint density at radius 1 is 0.605 bits per heavy atom. The molecule has 2 amide bonds. The number of amides is 2. The summed E-state index contributed by atoms with van der Waals surface area (Å²) >= 11 is 0. The number of ether oxygens (including phenoxy) is 2. The SMILES string of the molecule is CC(C)(C)OC(=O)NC1(c2ccc(-c3cc(-c4ccccc4)cc(-c4ccccc4)c3)cc2)CN(C(=O)OC(C)(C)C)C1. The van der Waals surface area contributed by atoms with Crippen LogP contribution in [0.2, 0.25) is 0 Å². The highest BCUT2D eigenvalue weighted by molar-refractivity contribution is 5.81. The van der Waals surface area contributed by atoms with Gasteiger partial charge in [0.2, 0.25) is 0 Å². The number of likely N-dealkylation sites (tertiary alicyclic amines) is 1. The first kappa shape index (κ1) is 29.9. The highest BCUT2D eigenvalue weighted by atomic mass is 16.6. The maximum Gasteiger partial charge on any atom is 0.410 e. The van der Waals surface area contributed by atoms with Gasteiger partial charge in [-0.15, -0.1) is 0 Å². The van der Waals surface area contributed by atoms with E-state index in [4.69, 9.17) is 9.47 Å². The van der Waals surface area contributed by atoms with Crippen molar-refractivity contribution in [3.63, 3.8) is 0 Å². The fourth-order valence-electron chi connectivity index (χ4n) is 5.26. The molecule has 0 aliphatic carbocycles. The van der Waals surface area contributed by atoms with Crippen molar-refractivity contribution in [2.24, 2.45) is 0 Å². The van der Waals surface area contributed by atoms with Gasteiger partial charge in [0.05, 0.1) is 13.1 Å². The minimum atomic E-state index is -0.793. The lowest BCUT2D eigenvalue weighted by Crippen LogP contribution is -2.69. The predicted octanol–water partition coefficient (Wildman–Crippen LogP) is 8.66. The Bertz CT molecular complexity index is 1520. The molecular weight excluding hydrogens is 536 g/mol. The van der Waals surface area contributed by atoms with Gasteiger partial charge in [-0.25, -0.2) is 9.59 Å². The Morgan fingerprint density at radius 3 is 1.44 bits per heavy atom. The normalized spacial score (nSPS) is 14.4. The molecule has 0 aromatic heterocycles. The number of nitrogens with zero attached hydrogens (tertiary/aromatic N) is 1. The van der Waals surface area contributed by atoms with Crippen molar-refractivity contribution < 1.29 is 19.1 Å². The molecule has 1 fully saturated rings. The van der Waals surface area contributed by atoms with E-state index >= 15 is 0 Å². The van der Waals surface area contributed by atoms with Crippen LogP contribution in [0, 0.1) is 0 Å². The molecule has 4 aromatic carbocycles. The van der Waals surface area contributed by atoms with E-state index in [0.717, 1.165) is 38.9 Å². The molecule has 222 valence electrons. The van der Waals surface area contributed by atoms with Gasteiger partial charge in [-0.3, -0.25) is 0 Å². The Labute approximate surface area is 254 Å². The Hall–Kier alpha value is -4.58. The van der Waals surface area contributed by atoms with Gasteiger partial charge in [-0.05, 0) is 98.7 Å². The molecule has 0 unspecified atom stereocenters. The molecule has 5 rings (SSSR count). The number of rotatable bonds is 5. The van der Waals surface area contributed by atoms with Crippen LogP contribution >= 0.6 is 0 Å². The molecule has 0 saturated carbocycles. The van der Waals surface area contributed by atoms with Crippen LogP contribution in [0.3, 0.4) is 0 Å². The lowest BCUT2D eigenvalue weighted by molar-refractivity contribution is -0.0229. The third-order valence-corrected chi connectivity index (χ3v) is 7.23. The average molecular weight is 577 g/mol. The van der Waals surface area contributed by atoms with Gasteiger partial charge in [-0.2, -0.15) is 0 Å². The van der Waals surface area contributed by atoms with Crippen molar-refractivity contribution in [3.8, 4) is 33.4 Å². The summed E-state index contributed by atoms with van der Waals surface area (Å²) in [6.45, 7) is 11.6. The largest absolute Gasteiger partial charge is 0.444 e. The smallest absolute Gasteiger partial charge is 0.410 e. The van der Waals surface area contributed by atoms with Gasteiger partial charge >= 0.3 is 12.2 Å². The van der Waals surface area contributed by atoms with Gasteiger partial charge in [0.1, 0.15) is 16.7 Å². The van der Waals surface area contributed by atoms with Gasteiger partial charge in [0, 0.05) is 0 Å². The molecule has 43 heavy (non-hydrogen) atoms. The molecule has 1 aliphatic heterocycles. The van der Waals surface area contributed by atoms with Crippen LogP contribution in [-0.4, -0.2) is 41.4 Å². The molecule has 1 aliphatic rings. The van der Waals surface area contributed by atoms with E-state index < -0.39 is 28.9 Å². The van der Waals surface area contributed by atoms with Gasteiger partial charge < -0.3 is 19.7 Å². The Morgan fingerprint density at radius 2 is 1.02 bits per heavy atom. The highest BCUT2D eigenvalue weighted by Crippen LogP contribution is 2.37. The monoisotopic (exact) mass is 576 g/mol. The number of carbonyl (C=O) groups excluding carboxylic acids is 2. The van der Waals surface area contributed by atoms with Crippen LogP contribution in [0.4, 0.5) is 9.59 Å². The Balaban J connectivity index is 1.47. The lowest BCUT2D eigenvalue weighted by atomic mass is 9.81. The van der Waals surface area contributed by atoms with Crippen molar-refractivity contribution in [3.05, 3.63) is 109 Å². The van der Waals surface area contributed by atoms with Crippen molar-refractivity contribution in [2.45, 2.75) is 58.3 Å². The molecule has 1 N–H and O–H groups in total. The summed E-state index contributed by atoms with van der Waals surface area (Å²) in [5, 5.41) is 3.06. The third-order valence-electron chi connectivity index (χ3n) is 7.23. The number of hydrogen-bond acceptors (Lipinski definition) is 4. The van der Waals surface area contributed by atoms with Crippen molar-refractivity contribution >= 4 is 12.2 Å². The summed E-state index contributed by atoms with van der Waals surface area (Å²) in [5.74, 6) is 0. The van der Waals surface area contributed by atoms with E-state index in [0.29, 0.717) is 0 Å². The van der Waals surface area contributed by atoms with E-state index in [2.05, 4.69) is 84.2 Å². The van der Waals surface area contributed by atoms with E-state index in [9.17, 15) is 9.59 Å². The zero-order valence-corrected chi connectivity index (χ0v) is 25.8. The van der Waals surface area contributed by atoms with Gasteiger partial charge in [0.15, 0.2) is 0 Å². The second-order valence-electron chi connectivity index (χ2n) is 13.2. The standard InChI is InChI=1S/C37H40N2O4/c1-35(2,3)42-33(40)38-37(24-39(25-37)34(41)43-36(4,5)6)32-19-17-28(18-20-32)31-22-29(26-13-9-7-10-14-26)21-30(23-31)27-15-11-8-12-16-27/h7-23H,24-25H2,1-6H3,(H,38,40). The fourth-order valence-corrected chi connectivity index (χ4v) is 5.26. The first-order valence-electron chi connectivity index (χ1n) is 14.7. The first-order chi connectivity index (χ1) is 20.3. The lowest BCUT2D eigenvalue weighted by Gasteiger charge is -2.50. The minimum absolute atomic E-state index is 0.280. The van der Waals surface area contributed by atoms with Gasteiger partial charge in [0.25, 0.3) is 0 Å². The number of benzene rings is 4. The average Bonchev–Trinajstić information content (AvgIpc) is 2.93. The maximum atomic E-state index is 12.9. The number of hydrogen-bond donors (Lipinski definition) is 1. The van der Waals surface area contributed by atoms with Crippen LogP contribution in [0.25, 0.3) is 33.4 Å². The zero-order chi connectivity index (χ0) is 30.8. The summed E-state index contributed by atoms with van der Waals surface area (Å²) in [5.41, 5.74) is 5.55. The molecule has 1 saturated heterocycles. The number of alkyl carbamates (subject to hydrolysis) is 1. The van der Waals surface area contributed by atoms with Crippen LogP contribution in [0.1, 0.15) is 47.1 Å². The predicted molar refractivity (Wildman–Crippen MR) is 172 cm³/mol. The molecule has 0 bridgehead atoms. The molecule has 1 heterocycles. The van der Waals surface area contributed by atoms with Crippen molar-refractivity contribution in [2.75, 3.05) is 13.1 Å².